The molecule has 110 valence electrons. The topological polar surface area (TPSA) is 15.3 Å². The van der Waals surface area contributed by atoms with Crippen LogP contribution in [0.2, 0.25) is 0 Å². The summed E-state index contributed by atoms with van der Waals surface area (Å²) in [5.41, 5.74) is 3.49. The molecule has 2 heteroatoms. The monoisotopic (exact) mass is 272 g/mol. The molecule has 2 nitrogen and oxygen atoms in total. The molecule has 0 aromatic heterocycles. The predicted octanol–water partition coefficient (Wildman–Crippen LogP) is 3.49. The van der Waals surface area contributed by atoms with E-state index in [-0.39, 0.29) is 5.54 Å². The van der Waals surface area contributed by atoms with Crippen LogP contribution in [0.1, 0.15) is 50.7 Å². The van der Waals surface area contributed by atoms with Crippen molar-refractivity contribution in [3.63, 3.8) is 0 Å². The van der Waals surface area contributed by atoms with Crippen molar-refractivity contribution < 1.29 is 0 Å². The van der Waals surface area contributed by atoms with Crippen LogP contribution >= 0.6 is 0 Å². The third-order valence-electron chi connectivity index (χ3n) is 5.14. The highest BCUT2D eigenvalue weighted by Gasteiger charge is 2.45. The molecule has 1 saturated carbocycles. The molecule has 1 heterocycles. The first-order valence-electron chi connectivity index (χ1n) is 8.05. The Labute approximate surface area is 123 Å². The van der Waals surface area contributed by atoms with Crippen LogP contribution in [0.4, 0.5) is 0 Å². The van der Waals surface area contributed by atoms with E-state index in [1.807, 2.05) is 0 Å². The molecule has 0 unspecified atom stereocenters. The quantitative estimate of drug-likeness (QED) is 0.886. The first-order chi connectivity index (χ1) is 9.49. The van der Waals surface area contributed by atoms with Crippen molar-refractivity contribution in [1.82, 2.24) is 10.2 Å². The summed E-state index contributed by atoms with van der Waals surface area (Å²) >= 11 is 0. The van der Waals surface area contributed by atoms with E-state index in [0.29, 0.717) is 5.54 Å². The van der Waals surface area contributed by atoms with Crippen LogP contribution in [-0.4, -0.2) is 29.1 Å². The zero-order valence-electron chi connectivity index (χ0n) is 13.2. The SMILES string of the molecule is Cc1cccc(CN2CC(C)(C)NCC23CCCC3)c1. The Morgan fingerprint density at radius 1 is 1.20 bits per heavy atom. The van der Waals surface area contributed by atoms with E-state index < -0.39 is 0 Å². The fourth-order valence-electron chi connectivity index (χ4n) is 4.00. The molecular weight excluding hydrogens is 244 g/mol. The van der Waals surface area contributed by atoms with E-state index in [9.17, 15) is 0 Å². The summed E-state index contributed by atoms with van der Waals surface area (Å²) in [6.07, 6.45) is 5.52. The van der Waals surface area contributed by atoms with Crippen LogP contribution in [0.5, 0.6) is 0 Å². The van der Waals surface area contributed by atoms with Crippen molar-refractivity contribution in [2.75, 3.05) is 13.1 Å². The van der Waals surface area contributed by atoms with Gasteiger partial charge in [0.15, 0.2) is 0 Å². The molecule has 0 bridgehead atoms. The first-order valence-corrected chi connectivity index (χ1v) is 8.05. The number of hydrogen-bond acceptors (Lipinski definition) is 2. The Morgan fingerprint density at radius 3 is 2.65 bits per heavy atom. The number of benzene rings is 1. The lowest BCUT2D eigenvalue weighted by molar-refractivity contribution is 0.0122. The minimum atomic E-state index is 0.234. The van der Waals surface area contributed by atoms with Gasteiger partial charge >= 0.3 is 0 Å². The first kappa shape index (κ1) is 14.1. The van der Waals surface area contributed by atoms with Crippen LogP contribution < -0.4 is 5.32 Å². The summed E-state index contributed by atoms with van der Waals surface area (Å²) in [6, 6.07) is 9.01. The molecule has 2 fully saturated rings. The minimum absolute atomic E-state index is 0.234. The van der Waals surface area contributed by atoms with Crippen molar-refractivity contribution in [1.29, 1.82) is 0 Å². The van der Waals surface area contributed by atoms with E-state index in [0.717, 1.165) is 19.6 Å². The standard InChI is InChI=1S/C18H28N2/c1-15-7-6-8-16(11-15)12-20-14-17(2,3)19-13-18(20)9-4-5-10-18/h6-8,11,19H,4-5,9-10,12-14H2,1-3H3. The summed E-state index contributed by atoms with van der Waals surface area (Å²) in [6.45, 7) is 10.3. The Bertz CT molecular complexity index is 472. The maximum atomic E-state index is 3.78. The second-order valence-corrected chi connectivity index (χ2v) is 7.51. The van der Waals surface area contributed by atoms with Crippen LogP contribution in [0, 0.1) is 6.92 Å². The highest BCUT2D eigenvalue weighted by atomic mass is 15.3. The number of aryl methyl sites for hydroxylation is 1. The Hall–Kier alpha value is -0.860. The van der Waals surface area contributed by atoms with E-state index in [4.69, 9.17) is 0 Å². The Balaban J connectivity index is 1.82. The van der Waals surface area contributed by atoms with Gasteiger partial charge in [-0.05, 0) is 39.2 Å². The van der Waals surface area contributed by atoms with Gasteiger partial charge in [-0.25, -0.2) is 0 Å². The largest absolute Gasteiger partial charge is 0.309 e. The lowest BCUT2D eigenvalue weighted by Crippen LogP contribution is -2.66. The molecule has 0 radical (unpaired) electrons. The van der Waals surface area contributed by atoms with Crippen molar-refractivity contribution >= 4 is 0 Å². The minimum Gasteiger partial charge on any atom is -0.309 e. The van der Waals surface area contributed by atoms with Crippen molar-refractivity contribution in [3.05, 3.63) is 35.4 Å². The summed E-state index contributed by atoms with van der Waals surface area (Å²) < 4.78 is 0. The highest BCUT2D eigenvalue weighted by Crippen LogP contribution is 2.39. The zero-order chi connectivity index (χ0) is 14.2. The fourth-order valence-corrected chi connectivity index (χ4v) is 4.00. The summed E-state index contributed by atoms with van der Waals surface area (Å²) in [5, 5.41) is 3.78. The second kappa shape index (κ2) is 5.16. The van der Waals surface area contributed by atoms with E-state index in [1.54, 1.807) is 0 Å². The Morgan fingerprint density at radius 2 is 1.95 bits per heavy atom. The van der Waals surface area contributed by atoms with Crippen molar-refractivity contribution in [2.45, 2.75) is 64.1 Å². The van der Waals surface area contributed by atoms with Gasteiger partial charge in [0, 0.05) is 30.7 Å². The number of nitrogens with zero attached hydrogens (tertiary/aromatic N) is 1. The van der Waals surface area contributed by atoms with Crippen LogP contribution in [0.3, 0.4) is 0 Å². The van der Waals surface area contributed by atoms with Crippen molar-refractivity contribution in [3.8, 4) is 0 Å². The molecule has 20 heavy (non-hydrogen) atoms. The molecule has 1 aliphatic heterocycles. The van der Waals surface area contributed by atoms with Crippen molar-refractivity contribution in [2.24, 2.45) is 0 Å². The van der Waals surface area contributed by atoms with Gasteiger partial charge in [-0.2, -0.15) is 0 Å². The molecule has 0 amide bonds. The summed E-state index contributed by atoms with van der Waals surface area (Å²) in [5.74, 6) is 0. The third-order valence-corrected chi connectivity index (χ3v) is 5.14. The van der Waals surface area contributed by atoms with Gasteiger partial charge in [0.2, 0.25) is 0 Å². The van der Waals surface area contributed by atoms with Gasteiger partial charge < -0.3 is 5.32 Å². The third kappa shape index (κ3) is 2.77. The molecule has 1 saturated heterocycles. The van der Waals surface area contributed by atoms with Gasteiger partial charge in [0.05, 0.1) is 0 Å². The number of rotatable bonds is 2. The zero-order valence-corrected chi connectivity index (χ0v) is 13.2. The smallest absolute Gasteiger partial charge is 0.0338 e. The predicted molar refractivity (Wildman–Crippen MR) is 84.9 cm³/mol. The maximum absolute atomic E-state index is 3.78. The maximum Gasteiger partial charge on any atom is 0.0338 e. The lowest BCUT2D eigenvalue weighted by Gasteiger charge is -2.51. The number of hydrogen-bond donors (Lipinski definition) is 1. The number of piperazine rings is 1. The van der Waals surface area contributed by atoms with E-state index >= 15 is 0 Å². The normalized spacial score (nSPS) is 25.1. The van der Waals surface area contributed by atoms with Gasteiger partial charge in [-0.1, -0.05) is 42.7 Å². The Kier molecular flexibility index (Phi) is 3.64. The van der Waals surface area contributed by atoms with Crippen LogP contribution in [0.15, 0.2) is 24.3 Å². The van der Waals surface area contributed by atoms with Gasteiger partial charge in [0.25, 0.3) is 0 Å². The van der Waals surface area contributed by atoms with Crippen LogP contribution in [-0.2, 0) is 6.54 Å². The fraction of sp³-hybridized carbons (Fsp3) is 0.667. The molecule has 3 rings (SSSR count). The van der Waals surface area contributed by atoms with E-state index in [2.05, 4.69) is 55.3 Å². The molecular formula is C18H28N2. The van der Waals surface area contributed by atoms with Gasteiger partial charge in [0.1, 0.15) is 0 Å². The van der Waals surface area contributed by atoms with Gasteiger partial charge in [-0.3, -0.25) is 4.90 Å². The average molecular weight is 272 g/mol. The molecule has 1 aromatic rings. The molecule has 1 N–H and O–H groups in total. The van der Waals surface area contributed by atoms with E-state index in [1.165, 1.54) is 36.8 Å². The molecule has 1 aliphatic carbocycles. The molecule has 2 aliphatic rings. The second-order valence-electron chi connectivity index (χ2n) is 7.51. The van der Waals surface area contributed by atoms with Crippen LogP contribution in [0.25, 0.3) is 0 Å². The summed E-state index contributed by atoms with van der Waals surface area (Å²) in [4.78, 5) is 2.77. The average Bonchev–Trinajstić information content (AvgIpc) is 2.84. The molecule has 1 aromatic carbocycles. The number of nitrogens with one attached hydrogen (secondary N) is 1. The summed E-state index contributed by atoms with van der Waals surface area (Å²) in [7, 11) is 0. The highest BCUT2D eigenvalue weighted by molar-refractivity contribution is 5.23. The van der Waals surface area contributed by atoms with Gasteiger partial charge in [-0.15, -0.1) is 0 Å². The molecule has 1 spiro atoms. The molecule has 0 atom stereocenters. The lowest BCUT2D eigenvalue weighted by atomic mass is 9.86.